The van der Waals surface area contributed by atoms with E-state index in [0.29, 0.717) is 71.1 Å². The maximum Gasteiger partial charge on any atom is 0.233 e. The van der Waals surface area contributed by atoms with Crippen LogP contribution >= 0.6 is 11.8 Å². The minimum atomic E-state index is -0.883. The molecule has 0 saturated carbocycles. The van der Waals surface area contributed by atoms with Crippen molar-refractivity contribution in [3.05, 3.63) is 35.9 Å². The number of hydrogen-bond donors (Lipinski definition) is 2. The average molecular weight is 709 g/mol. The Kier molecular flexibility index (Phi) is 20.3. The van der Waals surface area contributed by atoms with Crippen molar-refractivity contribution in [3.63, 3.8) is 0 Å². The lowest BCUT2D eigenvalue weighted by Gasteiger charge is -2.26. The number of carbonyl (C=O) groups excluding carboxylic acids is 4. The topological polar surface area (TPSA) is 142 Å². The molecule has 49 heavy (non-hydrogen) atoms. The van der Waals surface area contributed by atoms with E-state index in [1.54, 1.807) is 14.0 Å². The third kappa shape index (κ3) is 16.9. The van der Waals surface area contributed by atoms with E-state index in [0.717, 1.165) is 5.56 Å². The smallest absolute Gasteiger partial charge is 0.233 e. The summed E-state index contributed by atoms with van der Waals surface area (Å²) in [5, 5.41) is 5.52. The molecule has 2 N–H and O–H groups in total. The summed E-state index contributed by atoms with van der Waals surface area (Å²) in [6, 6.07) is 8.49. The monoisotopic (exact) mass is 708 g/mol. The number of carbonyl (C=O) groups is 4. The molecule has 12 heteroatoms. The first-order valence-corrected chi connectivity index (χ1v) is 18.6. The molecule has 1 aromatic carbocycles. The molecule has 1 fully saturated rings. The Hall–Kier alpha value is -2.35. The number of Topliss-reactive ketones (excluding diaryl/α,β-unsaturated/α-hetero) is 2. The first kappa shape index (κ1) is 42.8. The first-order valence-electron chi connectivity index (χ1n) is 17.5. The minimum Gasteiger partial charge on any atom is -0.384 e. The minimum absolute atomic E-state index is 0.00322. The van der Waals surface area contributed by atoms with Gasteiger partial charge < -0.3 is 34.3 Å². The van der Waals surface area contributed by atoms with Crippen molar-refractivity contribution in [2.75, 3.05) is 66.2 Å². The number of epoxide rings is 1. The van der Waals surface area contributed by atoms with Crippen molar-refractivity contribution in [1.29, 1.82) is 0 Å². The van der Waals surface area contributed by atoms with Crippen LogP contribution in [0.2, 0.25) is 0 Å². The average Bonchev–Trinajstić information content (AvgIpc) is 3.82. The molecule has 1 aliphatic heterocycles. The zero-order chi connectivity index (χ0) is 36.2. The van der Waals surface area contributed by atoms with E-state index >= 15 is 0 Å². The molecule has 0 unspecified atom stereocenters. The number of thioether (sulfide) groups is 1. The van der Waals surface area contributed by atoms with Gasteiger partial charge in [0.25, 0.3) is 0 Å². The summed E-state index contributed by atoms with van der Waals surface area (Å²) >= 11 is 1.51. The Labute approximate surface area is 297 Å². The number of methoxy groups -OCH3 is 2. The number of hydrogen-bond acceptors (Lipinski definition) is 10. The highest BCUT2D eigenvalue weighted by Gasteiger charge is 2.50. The Morgan fingerprint density at radius 1 is 0.837 bits per heavy atom. The summed E-state index contributed by atoms with van der Waals surface area (Å²) in [5.74, 6) is -0.989. The summed E-state index contributed by atoms with van der Waals surface area (Å²) in [6.07, 6.45) is 2.05. The predicted octanol–water partition coefficient (Wildman–Crippen LogP) is 4.04. The molecule has 1 aliphatic rings. The van der Waals surface area contributed by atoms with E-state index in [-0.39, 0.29) is 42.3 Å². The van der Waals surface area contributed by atoms with E-state index in [9.17, 15) is 19.2 Å². The fourth-order valence-electron chi connectivity index (χ4n) is 5.38. The number of aryl methyl sites for hydroxylation is 1. The van der Waals surface area contributed by atoms with Crippen LogP contribution in [-0.4, -0.2) is 113 Å². The molecule has 2 rings (SSSR count). The standard InChI is InChI=1S/C37H60N2O9S/c1-26(2)21-30(32(40)23-29(24-45-7)35(42)39-31(22-27(3)4)34(41)37(5)25-48-37)38-36(43)33(14-13-28-11-9-8-10-12-28)49-20-19-47-18-17-46-16-15-44-6/h8-12,26-27,29-31,33H,13-25H2,1-7H3,(H,38,43)(H,39,42)/t29-,30-,31-,33-,37+/m0/s1. The van der Waals surface area contributed by atoms with Gasteiger partial charge in [0.15, 0.2) is 11.6 Å². The van der Waals surface area contributed by atoms with Gasteiger partial charge >= 0.3 is 0 Å². The van der Waals surface area contributed by atoms with Crippen LogP contribution in [0.4, 0.5) is 0 Å². The second-order valence-electron chi connectivity index (χ2n) is 13.7. The number of rotatable bonds is 28. The molecule has 0 aromatic heterocycles. The lowest BCUT2D eigenvalue weighted by molar-refractivity contribution is -0.136. The molecule has 0 aliphatic carbocycles. The normalized spacial score (nSPS) is 18.1. The first-order chi connectivity index (χ1) is 23.4. The number of benzene rings is 1. The van der Waals surface area contributed by atoms with Gasteiger partial charge in [0.2, 0.25) is 11.8 Å². The second kappa shape index (κ2) is 23.2. The fraction of sp³-hybridized carbons (Fsp3) is 0.730. The van der Waals surface area contributed by atoms with Crippen molar-refractivity contribution in [1.82, 2.24) is 10.6 Å². The van der Waals surface area contributed by atoms with E-state index in [1.807, 2.05) is 58.0 Å². The molecule has 1 saturated heterocycles. The predicted molar refractivity (Wildman–Crippen MR) is 192 cm³/mol. The zero-order valence-corrected chi connectivity index (χ0v) is 31.4. The lowest BCUT2D eigenvalue weighted by atomic mass is 9.91. The summed E-state index contributed by atoms with van der Waals surface area (Å²) < 4.78 is 26.8. The van der Waals surface area contributed by atoms with Gasteiger partial charge in [0.1, 0.15) is 5.60 Å². The molecule has 278 valence electrons. The van der Waals surface area contributed by atoms with Gasteiger partial charge in [-0.1, -0.05) is 58.0 Å². The van der Waals surface area contributed by atoms with E-state index in [4.69, 9.17) is 23.7 Å². The van der Waals surface area contributed by atoms with Crippen molar-refractivity contribution < 1.29 is 42.9 Å². The Morgan fingerprint density at radius 3 is 2.02 bits per heavy atom. The summed E-state index contributed by atoms with van der Waals surface area (Å²) in [6.45, 7) is 12.4. The summed E-state index contributed by atoms with van der Waals surface area (Å²) in [7, 11) is 3.10. The van der Waals surface area contributed by atoms with Crippen molar-refractivity contribution >= 4 is 35.1 Å². The van der Waals surface area contributed by atoms with Crippen LogP contribution in [0, 0.1) is 17.8 Å². The molecule has 5 atom stereocenters. The molecule has 1 heterocycles. The maximum absolute atomic E-state index is 13.8. The van der Waals surface area contributed by atoms with Gasteiger partial charge in [-0.3, -0.25) is 19.2 Å². The van der Waals surface area contributed by atoms with Gasteiger partial charge in [-0.25, -0.2) is 0 Å². The van der Waals surface area contributed by atoms with Crippen LogP contribution in [0.5, 0.6) is 0 Å². The molecular weight excluding hydrogens is 648 g/mol. The number of nitrogens with one attached hydrogen (secondary N) is 2. The van der Waals surface area contributed by atoms with Crippen molar-refractivity contribution in [2.45, 2.75) is 89.7 Å². The molecule has 1 aromatic rings. The maximum atomic E-state index is 13.8. The third-order valence-corrected chi connectivity index (χ3v) is 9.47. The van der Waals surface area contributed by atoms with Crippen LogP contribution in [0.15, 0.2) is 30.3 Å². The molecule has 2 amide bonds. The Morgan fingerprint density at radius 2 is 1.43 bits per heavy atom. The largest absolute Gasteiger partial charge is 0.384 e. The zero-order valence-electron chi connectivity index (χ0n) is 30.6. The lowest BCUT2D eigenvalue weighted by Crippen LogP contribution is -2.50. The van der Waals surface area contributed by atoms with Gasteiger partial charge in [-0.2, -0.15) is 0 Å². The molecule has 0 radical (unpaired) electrons. The number of ether oxygens (including phenoxy) is 5. The molecule has 11 nitrogen and oxygen atoms in total. The molecule has 0 spiro atoms. The van der Waals surface area contributed by atoms with Gasteiger partial charge in [-0.15, -0.1) is 11.8 Å². The van der Waals surface area contributed by atoms with Crippen LogP contribution in [0.3, 0.4) is 0 Å². The molecular formula is C37H60N2O9S. The van der Waals surface area contributed by atoms with Crippen LogP contribution in [0.1, 0.15) is 65.9 Å². The Bertz CT molecular complexity index is 1130. The van der Waals surface area contributed by atoms with Crippen molar-refractivity contribution in [3.8, 4) is 0 Å². The van der Waals surface area contributed by atoms with Gasteiger partial charge in [0, 0.05) is 26.4 Å². The van der Waals surface area contributed by atoms with Crippen LogP contribution in [-0.2, 0) is 49.3 Å². The Balaban J connectivity index is 2.08. The van der Waals surface area contributed by atoms with Crippen LogP contribution in [0.25, 0.3) is 0 Å². The van der Waals surface area contributed by atoms with Crippen molar-refractivity contribution in [2.24, 2.45) is 17.8 Å². The highest BCUT2D eigenvalue weighted by atomic mass is 32.2. The second-order valence-corrected chi connectivity index (χ2v) is 15.0. The van der Waals surface area contributed by atoms with Gasteiger partial charge in [0.05, 0.1) is 69.5 Å². The van der Waals surface area contributed by atoms with Gasteiger partial charge in [-0.05, 0) is 50.0 Å². The summed E-state index contributed by atoms with van der Waals surface area (Å²) in [4.78, 5) is 54.2. The third-order valence-electron chi connectivity index (χ3n) is 8.22. The highest BCUT2D eigenvalue weighted by Crippen LogP contribution is 2.30. The quantitative estimate of drug-likeness (QED) is 0.0968. The fourth-order valence-corrected chi connectivity index (χ4v) is 6.38. The highest BCUT2D eigenvalue weighted by molar-refractivity contribution is 8.00. The molecule has 0 bridgehead atoms. The van der Waals surface area contributed by atoms with E-state index in [1.165, 1.54) is 18.9 Å². The number of amides is 2. The number of ketones is 2. The van der Waals surface area contributed by atoms with Crippen LogP contribution < -0.4 is 10.6 Å². The van der Waals surface area contributed by atoms with E-state index in [2.05, 4.69) is 10.6 Å². The summed E-state index contributed by atoms with van der Waals surface area (Å²) in [5.41, 5.74) is 0.247. The van der Waals surface area contributed by atoms with E-state index < -0.39 is 34.8 Å². The SMILES string of the molecule is COCCOCCOCCS[C@@H](CCc1ccccc1)C(=O)N[C@@H](CC(C)C)C(=O)C[C@@H](COC)C(=O)N[C@@H](CC(C)C)C(=O)[C@@]1(C)CO1.